The van der Waals surface area contributed by atoms with Crippen LogP contribution in [0.15, 0.2) is 48.5 Å². The molecule has 2 heterocycles. The van der Waals surface area contributed by atoms with Gasteiger partial charge in [-0.15, -0.1) is 0 Å². The van der Waals surface area contributed by atoms with E-state index in [0.29, 0.717) is 0 Å². The van der Waals surface area contributed by atoms with E-state index in [2.05, 4.69) is 5.10 Å². The number of nitro groups is 1. The summed E-state index contributed by atoms with van der Waals surface area (Å²) in [6.45, 7) is 3.98. The van der Waals surface area contributed by atoms with Crippen molar-refractivity contribution < 1.29 is 14.5 Å². The molecule has 140 valence electrons. The fraction of sp³-hybridized carbons (Fsp3) is 0.150. The van der Waals surface area contributed by atoms with Gasteiger partial charge in [-0.05, 0) is 43.7 Å². The molecule has 0 bridgehead atoms. The van der Waals surface area contributed by atoms with Crippen molar-refractivity contribution in [2.45, 2.75) is 20.4 Å². The van der Waals surface area contributed by atoms with Gasteiger partial charge in [-0.2, -0.15) is 5.10 Å². The summed E-state index contributed by atoms with van der Waals surface area (Å²) in [6, 6.07) is 13.1. The molecule has 1 aliphatic rings. The second-order valence-corrected chi connectivity index (χ2v) is 6.69. The topological polar surface area (TPSA) is 98.3 Å². The van der Waals surface area contributed by atoms with Gasteiger partial charge in [-0.25, -0.2) is 4.68 Å². The number of benzene rings is 2. The van der Waals surface area contributed by atoms with Gasteiger partial charge in [0, 0.05) is 17.8 Å². The van der Waals surface area contributed by atoms with E-state index in [0.717, 1.165) is 33.6 Å². The molecule has 1 aliphatic heterocycles. The highest BCUT2D eigenvalue weighted by molar-refractivity contribution is 6.21. The summed E-state index contributed by atoms with van der Waals surface area (Å²) < 4.78 is 1.82. The first-order valence-corrected chi connectivity index (χ1v) is 8.62. The van der Waals surface area contributed by atoms with Gasteiger partial charge < -0.3 is 0 Å². The number of nitrogens with zero attached hydrogens (tertiary/aromatic N) is 4. The Bertz CT molecular complexity index is 1130. The molecule has 4 rings (SSSR count). The van der Waals surface area contributed by atoms with E-state index < -0.39 is 16.7 Å². The molecule has 0 spiro atoms. The molecule has 0 saturated carbocycles. The molecule has 2 amide bonds. The minimum absolute atomic E-state index is 0.0680. The van der Waals surface area contributed by atoms with Crippen LogP contribution in [0.1, 0.15) is 37.7 Å². The van der Waals surface area contributed by atoms with Crippen LogP contribution in [0, 0.1) is 24.0 Å². The number of aryl methyl sites for hydroxylation is 2. The zero-order valence-corrected chi connectivity index (χ0v) is 15.2. The third kappa shape index (κ3) is 2.84. The van der Waals surface area contributed by atoms with Crippen molar-refractivity contribution in [2.24, 2.45) is 0 Å². The molecule has 0 fully saturated rings. The first kappa shape index (κ1) is 17.6. The molecule has 0 unspecified atom stereocenters. The van der Waals surface area contributed by atoms with Gasteiger partial charge in [0.15, 0.2) is 0 Å². The predicted octanol–water partition coefficient (Wildman–Crippen LogP) is 3.19. The maximum Gasteiger partial charge on any atom is 0.270 e. The van der Waals surface area contributed by atoms with Gasteiger partial charge in [-0.1, -0.05) is 12.1 Å². The Morgan fingerprint density at radius 1 is 0.964 bits per heavy atom. The van der Waals surface area contributed by atoms with E-state index in [1.807, 2.05) is 48.9 Å². The van der Waals surface area contributed by atoms with Crippen LogP contribution in [0.25, 0.3) is 5.69 Å². The van der Waals surface area contributed by atoms with Crippen LogP contribution >= 0.6 is 0 Å². The highest BCUT2D eigenvalue weighted by Gasteiger charge is 2.36. The lowest BCUT2D eigenvalue weighted by molar-refractivity contribution is -0.384. The number of fused-ring (bicyclic) bond motifs is 1. The lowest BCUT2D eigenvalue weighted by atomic mass is 10.1. The number of rotatable bonds is 4. The fourth-order valence-corrected chi connectivity index (χ4v) is 3.35. The number of hydrogen-bond acceptors (Lipinski definition) is 5. The first-order valence-electron chi connectivity index (χ1n) is 8.62. The minimum atomic E-state index is -0.585. The molecule has 0 atom stereocenters. The summed E-state index contributed by atoms with van der Waals surface area (Å²) in [5, 5.41) is 15.4. The molecule has 0 saturated heterocycles. The number of nitro benzene ring substituents is 1. The zero-order valence-electron chi connectivity index (χ0n) is 15.2. The van der Waals surface area contributed by atoms with Crippen LogP contribution in [0.4, 0.5) is 5.69 Å². The van der Waals surface area contributed by atoms with Gasteiger partial charge in [0.1, 0.15) is 0 Å². The van der Waals surface area contributed by atoms with Crippen LogP contribution in [0.3, 0.4) is 0 Å². The normalized spacial score (nSPS) is 13.1. The van der Waals surface area contributed by atoms with Gasteiger partial charge in [0.25, 0.3) is 17.5 Å². The summed E-state index contributed by atoms with van der Waals surface area (Å²) in [4.78, 5) is 36.6. The number of hydrogen-bond donors (Lipinski definition) is 0. The van der Waals surface area contributed by atoms with Crippen molar-refractivity contribution in [1.82, 2.24) is 14.7 Å². The van der Waals surface area contributed by atoms with Crippen molar-refractivity contribution in [3.8, 4) is 5.69 Å². The molecular formula is C20H16N4O4. The van der Waals surface area contributed by atoms with E-state index in [4.69, 9.17) is 0 Å². The van der Waals surface area contributed by atoms with Crippen LogP contribution in [0.2, 0.25) is 0 Å². The van der Waals surface area contributed by atoms with Crippen molar-refractivity contribution in [2.75, 3.05) is 0 Å². The van der Waals surface area contributed by atoms with Gasteiger partial charge in [-0.3, -0.25) is 24.6 Å². The molecule has 28 heavy (non-hydrogen) atoms. The van der Waals surface area contributed by atoms with Gasteiger partial charge >= 0.3 is 0 Å². The molecule has 8 heteroatoms. The molecule has 3 aromatic rings. The average Bonchev–Trinajstić information content (AvgIpc) is 3.13. The number of non-ortho nitro benzene ring substituents is 1. The summed E-state index contributed by atoms with van der Waals surface area (Å²) in [5.74, 6) is -0.969. The maximum absolute atomic E-state index is 12.6. The quantitative estimate of drug-likeness (QED) is 0.396. The third-order valence-corrected chi connectivity index (χ3v) is 4.70. The van der Waals surface area contributed by atoms with E-state index in [9.17, 15) is 19.7 Å². The van der Waals surface area contributed by atoms with Crippen LogP contribution < -0.4 is 0 Å². The largest absolute Gasteiger partial charge is 0.270 e. The number of imide groups is 1. The summed E-state index contributed by atoms with van der Waals surface area (Å²) >= 11 is 0. The predicted molar refractivity (Wildman–Crippen MR) is 100 cm³/mol. The van der Waals surface area contributed by atoms with Crippen LogP contribution in [0.5, 0.6) is 0 Å². The Morgan fingerprint density at radius 2 is 1.64 bits per heavy atom. The molecular weight excluding hydrogens is 360 g/mol. The van der Waals surface area contributed by atoms with E-state index in [1.54, 1.807) is 0 Å². The molecule has 1 aromatic heterocycles. The van der Waals surface area contributed by atoms with Crippen LogP contribution in [-0.4, -0.2) is 31.4 Å². The summed E-state index contributed by atoms with van der Waals surface area (Å²) in [6.07, 6.45) is 0. The van der Waals surface area contributed by atoms with Crippen molar-refractivity contribution >= 4 is 17.5 Å². The van der Waals surface area contributed by atoms with E-state index in [1.165, 1.54) is 12.1 Å². The number of amides is 2. The Kier molecular flexibility index (Phi) is 4.03. The van der Waals surface area contributed by atoms with Crippen LogP contribution in [-0.2, 0) is 6.54 Å². The Hall–Kier alpha value is -3.81. The SMILES string of the molecule is Cc1cc(C)n(-c2ccc(CN3C(=O)c4ccc([N+](=O)[O-])cc4C3=O)cc2)n1. The van der Waals surface area contributed by atoms with E-state index >= 15 is 0 Å². The van der Waals surface area contributed by atoms with Crippen molar-refractivity contribution in [3.63, 3.8) is 0 Å². The maximum atomic E-state index is 12.6. The molecule has 0 radical (unpaired) electrons. The summed E-state index contributed by atoms with van der Waals surface area (Å²) in [7, 11) is 0. The third-order valence-electron chi connectivity index (χ3n) is 4.70. The Morgan fingerprint density at radius 3 is 2.25 bits per heavy atom. The second-order valence-electron chi connectivity index (χ2n) is 6.69. The highest BCUT2D eigenvalue weighted by atomic mass is 16.6. The number of aromatic nitrogens is 2. The van der Waals surface area contributed by atoms with Crippen molar-refractivity contribution in [3.05, 3.63) is 86.7 Å². The van der Waals surface area contributed by atoms with Gasteiger partial charge in [0.2, 0.25) is 0 Å². The van der Waals surface area contributed by atoms with Gasteiger partial charge in [0.05, 0.1) is 34.0 Å². The Balaban J connectivity index is 1.58. The fourth-order valence-electron chi connectivity index (χ4n) is 3.35. The standard InChI is InChI=1S/C20H16N4O4/c1-12-9-13(2)23(21-12)15-5-3-14(4-6-15)11-22-19(25)17-8-7-16(24(27)28)10-18(17)20(22)26/h3-10H,11H2,1-2H3. The highest BCUT2D eigenvalue weighted by Crippen LogP contribution is 2.28. The Labute approximate surface area is 160 Å². The second kappa shape index (κ2) is 6.41. The van der Waals surface area contributed by atoms with Crippen molar-refractivity contribution in [1.29, 1.82) is 0 Å². The molecule has 0 aliphatic carbocycles. The molecule has 8 nitrogen and oxygen atoms in total. The smallest absolute Gasteiger partial charge is 0.270 e. The zero-order chi connectivity index (χ0) is 20.0. The van der Waals surface area contributed by atoms with E-state index in [-0.39, 0.29) is 23.4 Å². The first-order chi connectivity index (χ1) is 13.3. The molecule has 2 aromatic carbocycles. The number of carbonyl (C=O) groups excluding carboxylic acids is 2. The minimum Gasteiger partial charge on any atom is -0.270 e. The average molecular weight is 376 g/mol. The number of carbonyl (C=O) groups is 2. The lowest BCUT2D eigenvalue weighted by Gasteiger charge is -2.14. The monoisotopic (exact) mass is 376 g/mol. The lowest BCUT2D eigenvalue weighted by Crippen LogP contribution is -2.29. The molecule has 0 N–H and O–H groups in total. The summed E-state index contributed by atoms with van der Waals surface area (Å²) in [5.41, 5.74) is 3.62.